The monoisotopic (exact) mass is 329 g/mol. The van der Waals surface area contributed by atoms with Crippen LogP contribution in [0.25, 0.3) is 0 Å². The van der Waals surface area contributed by atoms with Crippen LogP contribution in [0.5, 0.6) is 0 Å². The van der Waals surface area contributed by atoms with Crippen molar-refractivity contribution < 1.29 is 8.42 Å². The Morgan fingerprint density at radius 2 is 1.95 bits per heavy atom. The SMILES string of the molecule is Cc1ccc(C#N)cc1S(=O)(=O)N(C)C1CCNCC1.Cl. The van der Waals surface area contributed by atoms with E-state index in [1.54, 1.807) is 26.1 Å². The molecule has 1 aliphatic rings. The van der Waals surface area contributed by atoms with E-state index in [9.17, 15) is 8.42 Å². The molecule has 7 heteroatoms. The lowest BCUT2D eigenvalue weighted by Gasteiger charge is -2.31. The summed E-state index contributed by atoms with van der Waals surface area (Å²) in [6.07, 6.45) is 1.62. The molecule has 0 saturated carbocycles. The molecule has 1 aromatic rings. The first kappa shape index (κ1) is 17.9. The van der Waals surface area contributed by atoms with Gasteiger partial charge in [-0.3, -0.25) is 0 Å². The normalized spacial score (nSPS) is 16.3. The van der Waals surface area contributed by atoms with E-state index in [1.807, 2.05) is 6.07 Å². The Morgan fingerprint density at radius 3 is 2.52 bits per heavy atom. The predicted molar refractivity (Wildman–Crippen MR) is 84.0 cm³/mol. The number of nitriles is 1. The van der Waals surface area contributed by atoms with Gasteiger partial charge in [0.2, 0.25) is 10.0 Å². The summed E-state index contributed by atoms with van der Waals surface area (Å²) in [6, 6.07) is 6.79. The lowest BCUT2D eigenvalue weighted by atomic mass is 10.1. The van der Waals surface area contributed by atoms with Gasteiger partial charge >= 0.3 is 0 Å². The van der Waals surface area contributed by atoms with Crippen LogP contribution >= 0.6 is 12.4 Å². The van der Waals surface area contributed by atoms with Crippen molar-refractivity contribution >= 4 is 22.4 Å². The molecule has 1 aromatic carbocycles. The Morgan fingerprint density at radius 1 is 1.33 bits per heavy atom. The molecule has 1 aliphatic heterocycles. The number of sulfonamides is 1. The molecule has 0 amide bonds. The fraction of sp³-hybridized carbons (Fsp3) is 0.500. The Bertz CT molecular complexity index is 634. The molecule has 2 rings (SSSR count). The quantitative estimate of drug-likeness (QED) is 0.915. The van der Waals surface area contributed by atoms with Crippen molar-refractivity contribution in [3.8, 4) is 6.07 Å². The Labute approximate surface area is 132 Å². The Balaban J connectivity index is 0.00000220. The molecule has 0 radical (unpaired) electrons. The number of hydrogen-bond donors (Lipinski definition) is 1. The molecule has 5 nitrogen and oxygen atoms in total. The van der Waals surface area contributed by atoms with Crippen molar-refractivity contribution in [2.45, 2.75) is 30.7 Å². The average Bonchev–Trinajstić information content (AvgIpc) is 2.47. The number of rotatable bonds is 3. The molecular formula is C14H20ClN3O2S. The molecule has 0 atom stereocenters. The summed E-state index contributed by atoms with van der Waals surface area (Å²) in [4.78, 5) is 0.234. The van der Waals surface area contributed by atoms with E-state index < -0.39 is 10.0 Å². The van der Waals surface area contributed by atoms with Gasteiger partial charge in [0.05, 0.1) is 16.5 Å². The van der Waals surface area contributed by atoms with Crippen molar-refractivity contribution in [2.75, 3.05) is 20.1 Å². The van der Waals surface area contributed by atoms with Crippen molar-refractivity contribution in [1.29, 1.82) is 5.26 Å². The predicted octanol–water partition coefficient (Wildman–Crippen LogP) is 1.66. The third-order valence-electron chi connectivity index (χ3n) is 3.80. The topological polar surface area (TPSA) is 73.2 Å². The number of piperidine rings is 1. The molecule has 0 bridgehead atoms. The Kier molecular flexibility index (Phi) is 6.17. The van der Waals surface area contributed by atoms with Crippen LogP contribution in [0.3, 0.4) is 0 Å². The first-order valence-electron chi connectivity index (χ1n) is 6.66. The van der Waals surface area contributed by atoms with Crippen LogP contribution in [0.2, 0.25) is 0 Å². The third kappa shape index (κ3) is 3.74. The van der Waals surface area contributed by atoms with E-state index in [2.05, 4.69) is 5.32 Å². The highest BCUT2D eigenvalue weighted by molar-refractivity contribution is 7.89. The standard InChI is InChI=1S/C14H19N3O2S.ClH/c1-11-3-4-12(10-15)9-14(11)20(18,19)17(2)13-5-7-16-8-6-13;/h3-4,9,13,16H,5-8H2,1-2H3;1H. The van der Waals surface area contributed by atoms with Gasteiger partial charge in [0.25, 0.3) is 0 Å². The molecule has 1 fully saturated rings. The number of nitrogens with one attached hydrogen (secondary N) is 1. The lowest BCUT2D eigenvalue weighted by molar-refractivity contribution is 0.296. The van der Waals surface area contributed by atoms with Crippen LogP contribution in [0, 0.1) is 18.3 Å². The van der Waals surface area contributed by atoms with Crippen LogP contribution < -0.4 is 5.32 Å². The zero-order valence-electron chi connectivity index (χ0n) is 12.2. The van der Waals surface area contributed by atoms with Crippen LogP contribution in [0.1, 0.15) is 24.0 Å². The minimum absolute atomic E-state index is 0. The van der Waals surface area contributed by atoms with Crippen molar-refractivity contribution in [3.05, 3.63) is 29.3 Å². The van der Waals surface area contributed by atoms with Gasteiger partial charge in [0.15, 0.2) is 0 Å². The van der Waals surface area contributed by atoms with Crippen LogP contribution in [0.15, 0.2) is 23.1 Å². The van der Waals surface area contributed by atoms with Gasteiger partial charge in [-0.15, -0.1) is 12.4 Å². The zero-order valence-corrected chi connectivity index (χ0v) is 13.8. The molecule has 1 heterocycles. The maximum atomic E-state index is 12.7. The third-order valence-corrected chi connectivity index (χ3v) is 5.85. The van der Waals surface area contributed by atoms with E-state index >= 15 is 0 Å². The van der Waals surface area contributed by atoms with Gasteiger partial charge in [-0.05, 0) is 50.6 Å². The molecule has 1 N–H and O–H groups in total. The summed E-state index contributed by atoms with van der Waals surface area (Å²) in [5, 5.41) is 12.2. The largest absolute Gasteiger partial charge is 0.317 e. The second kappa shape index (κ2) is 7.23. The molecule has 21 heavy (non-hydrogen) atoms. The molecule has 0 aliphatic carbocycles. The number of benzene rings is 1. The van der Waals surface area contributed by atoms with Gasteiger partial charge in [0.1, 0.15) is 0 Å². The summed E-state index contributed by atoms with van der Waals surface area (Å²) in [7, 11) is -1.92. The van der Waals surface area contributed by atoms with Crippen molar-refractivity contribution in [1.82, 2.24) is 9.62 Å². The maximum Gasteiger partial charge on any atom is 0.243 e. The molecule has 0 spiro atoms. The van der Waals surface area contributed by atoms with E-state index in [0.717, 1.165) is 25.9 Å². The summed E-state index contributed by atoms with van der Waals surface area (Å²) in [5.74, 6) is 0. The number of nitrogens with zero attached hydrogens (tertiary/aromatic N) is 2. The van der Waals surface area contributed by atoms with E-state index in [-0.39, 0.29) is 23.3 Å². The van der Waals surface area contributed by atoms with Crippen molar-refractivity contribution in [2.24, 2.45) is 0 Å². The number of hydrogen-bond acceptors (Lipinski definition) is 4. The minimum atomic E-state index is -3.55. The fourth-order valence-corrected chi connectivity index (χ4v) is 4.13. The number of halogens is 1. The zero-order chi connectivity index (χ0) is 14.8. The van der Waals surface area contributed by atoms with E-state index in [4.69, 9.17) is 5.26 Å². The lowest BCUT2D eigenvalue weighted by Crippen LogP contribution is -2.44. The highest BCUT2D eigenvalue weighted by atomic mass is 35.5. The summed E-state index contributed by atoms with van der Waals surface area (Å²) >= 11 is 0. The van der Waals surface area contributed by atoms with Crippen LogP contribution in [-0.2, 0) is 10.0 Å². The second-order valence-corrected chi connectivity index (χ2v) is 7.06. The first-order valence-corrected chi connectivity index (χ1v) is 8.10. The average molecular weight is 330 g/mol. The smallest absolute Gasteiger partial charge is 0.243 e. The number of aryl methyl sites for hydroxylation is 1. The van der Waals surface area contributed by atoms with Crippen LogP contribution in [0.4, 0.5) is 0 Å². The van der Waals surface area contributed by atoms with E-state index in [1.165, 1.54) is 10.4 Å². The molecular weight excluding hydrogens is 310 g/mol. The van der Waals surface area contributed by atoms with Crippen molar-refractivity contribution in [3.63, 3.8) is 0 Å². The fourth-order valence-electron chi connectivity index (χ4n) is 2.47. The summed E-state index contributed by atoms with van der Waals surface area (Å²) < 4.78 is 26.9. The summed E-state index contributed by atoms with van der Waals surface area (Å²) in [6.45, 7) is 3.42. The van der Waals surface area contributed by atoms with Gasteiger partial charge in [0, 0.05) is 13.1 Å². The molecule has 0 unspecified atom stereocenters. The summed E-state index contributed by atoms with van der Waals surface area (Å²) in [5.41, 5.74) is 1.04. The molecule has 0 aromatic heterocycles. The highest BCUT2D eigenvalue weighted by Gasteiger charge is 2.30. The van der Waals surface area contributed by atoms with Gasteiger partial charge < -0.3 is 5.32 Å². The molecule has 1 saturated heterocycles. The molecule has 116 valence electrons. The van der Waals surface area contributed by atoms with Gasteiger partial charge in [-0.25, -0.2) is 8.42 Å². The minimum Gasteiger partial charge on any atom is -0.317 e. The highest BCUT2D eigenvalue weighted by Crippen LogP contribution is 2.24. The second-order valence-electron chi connectivity index (χ2n) is 5.09. The Hall–Kier alpha value is -1.13. The first-order chi connectivity index (χ1) is 9.46. The van der Waals surface area contributed by atoms with Crippen LogP contribution in [-0.4, -0.2) is 38.9 Å². The van der Waals surface area contributed by atoms with Gasteiger partial charge in [-0.2, -0.15) is 9.57 Å². The van der Waals surface area contributed by atoms with E-state index in [0.29, 0.717) is 11.1 Å². The van der Waals surface area contributed by atoms with Gasteiger partial charge in [-0.1, -0.05) is 6.07 Å². The maximum absolute atomic E-state index is 12.7.